The molecule has 1 fully saturated rings. The molecule has 0 saturated heterocycles. The summed E-state index contributed by atoms with van der Waals surface area (Å²) in [7, 11) is 0. The van der Waals surface area contributed by atoms with Gasteiger partial charge in [0.15, 0.2) is 0 Å². The van der Waals surface area contributed by atoms with Crippen molar-refractivity contribution in [2.45, 2.75) is 12.8 Å². The van der Waals surface area contributed by atoms with E-state index in [0.29, 0.717) is 22.3 Å². The highest BCUT2D eigenvalue weighted by atomic mass is 35.5. The fourth-order valence-electron chi connectivity index (χ4n) is 1.64. The fraction of sp³-hybridized carbons (Fsp3) is 0.417. The average molecular weight is 289 g/mol. The van der Waals surface area contributed by atoms with Crippen LogP contribution in [0.1, 0.15) is 12.8 Å². The molecule has 0 unspecified atom stereocenters. The number of aliphatic hydroxyl groups excluding tert-OH is 1. The lowest BCUT2D eigenvalue weighted by Crippen LogP contribution is -2.35. The monoisotopic (exact) mass is 288 g/mol. The van der Waals surface area contributed by atoms with Crippen LogP contribution in [0.5, 0.6) is 0 Å². The maximum atomic E-state index is 11.6. The number of benzene rings is 1. The van der Waals surface area contributed by atoms with Gasteiger partial charge < -0.3 is 15.7 Å². The topological polar surface area (TPSA) is 61.4 Å². The van der Waals surface area contributed by atoms with Gasteiger partial charge in [-0.15, -0.1) is 0 Å². The van der Waals surface area contributed by atoms with Crippen LogP contribution in [0.2, 0.25) is 10.0 Å². The summed E-state index contributed by atoms with van der Waals surface area (Å²) in [6.45, 7) is 0.583. The number of carbonyl (C=O) groups excluding carboxylic acids is 1. The van der Waals surface area contributed by atoms with E-state index in [1.807, 2.05) is 0 Å². The molecule has 1 saturated carbocycles. The number of aliphatic hydroxyl groups is 1. The Bertz CT molecular complexity index is 441. The lowest BCUT2D eigenvalue weighted by molar-refractivity contribution is 0.206. The predicted molar refractivity (Wildman–Crippen MR) is 72.2 cm³/mol. The van der Waals surface area contributed by atoms with Gasteiger partial charge in [0, 0.05) is 27.7 Å². The van der Waals surface area contributed by atoms with Crippen LogP contribution >= 0.6 is 23.2 Å². The van der Waals surface area contributed by atoms with Crippen LogP contribution in [0, 0.1) is 5.41 Å². The van der Waals surface area contributed by atoms with Gasteiger partial charge >= 0.3 is 6.03 Å². The number of carbonyl (C=O) groups is 1. The van der Waals surface area contributed by atoms with Crippen molar-refractivity contribution in [3.63, 3.8) is 0 Å². The van der Waals surface area contributed by atoms with Crippen molar-refractivity contribution >= 4 is 34.9 Å². The van der Waals surface area contributed by atoms with E-state index < -0.39 is 0 Å². The minimum atomic E-state index is -0.326. The van der Waals surface area contributed by atoms with Crippen molar-refractivity contribution < 1.29 is 9.90 Å². The molecule has 0 heterocycles. The van der Waals surface area contributed by atoms with Crippen molar-refractivity contribution in [2.75, 3.05) is 18.5 Å². The summed E-state index contributed by atoms with van der Waals surface area (Å²) in [5.74, 6) is 0. The molecule has 98 valence electrons. The first-order valence-corrected chi connectivity index (χ1v) is 6.40. The van der Waals surface area contributed by atoms with E-state index in [1.54, 1.807) is 18.2 Å². The van der Waals surface area contributed by atoms with Crippen molar-refractivity contribution in [3.8, 4) is 0 Å². The van der Waals surface area contributed by atoms with Crippen LogP contribution < -0.4 is 10.6 Å². The van der Waals surface area contributed by atoms with E-state index in [1.165, 1.54) is 0 Å². The van der Waals surface area contributed by atoms with E-state index in [2.05, 4.69) is 10.6 Å². The Morgan fingerprint density at radius 2 is 1.89 bits per heavy atom. The van der Waals surface area contributed by atoms with Crippen LogP contribution in [0.15, 0.2) is 18.2 Å². The van der Waals surface area contributed by atoms with Crippen molar-refractivity contribution in [3.05, 3.63) is 28.2 Å². The number of urea groups is 1. The third-order valence-electron chi connectivity index (χ3n) is 3.04. The van der Waals surface area contributed by atoms with Gasteiger partial charge in [-0.1, -0.05) is 23.2 Å². The molecular formula is C12H14Cl2N2O2. The van der Waals surface area contributed by atoms with Crippen LogP contribution in [-0.4, -0.2) is 24.3 Å². The lowest BCUT2D eigenvalue weighted by atomic mass is 10.1. The Morgan fingerprint density at radius 3 is 2.39 bits per heavy atom. The average Bonchev–Trinajstić information content (AvgIpc) is 3.05. The van der Waals surface area contributed by atoms with Gasteiger partial charge in [0.2, 0.25) is 0 Å². The van der Waals surface area contributed by atoms with E-state index in [-0.39, 0.29) is 18.1 Å². The summed E-state index contributed by atoms with van der Waals surface area (Å²) in [5.41, 5.74) is 0.433. The van der Waals surface area contributed by atoms with Crippen LogP contribution in [0.4, 0.5) is 10.5 Å². The largest absolute Gasteiger partial charge is 0.396 e. The number of hydrogen-bond acceptors (Lipinski definition) is 2. The molecule has 18 heavy (non-hydrogen) atoms. The van der Waals surface area contributed by atoms with E-state index >= 15 is 0 Å². The normalized spacial score (nSPS) is 16.2. The molecule has 0 radical (unpaired) electrons. The molecule has 2 rings (SSSR count). The van der Waals surface area contributed by atoms with E-state index in [4.69, 9.17) is 28.3 Å². The quantitative estimate of drug-likeness (QED) is 0.798. The molecule has 0 spiro atoms. The molecule has 1 aromatic rings. The fourth-order valence-corrected chi connectivity index (χ4v) is 2.16. The van der Waals surface area contributed by atoms with Gasteiger partial charge in [-0.05, 0) is 31.0 Å². The Kier molecular flexibility index (Phi) is 4.00. The number of amides is 2. The van der Waals surface area contributed by atoms with Gasteiger partial charge in [0.1, 0.15) is 0 Å². The number of hydrogen-bond donors (Lipinski definition) is 3. The minimum Gasteiger partial charge on any atom is -0.396 e. The highest BCUT2D eigenvalue weighted by Gasteiger charge is 2.42. The molecule has 0 aromatic heterocycles. The molecule has 6 heteroatoms. The summed E-state index contributed by atoms with van der Waals surface area (Å²) in [5, 5.41) is 15.4. The molecule has 0 aliphatic heterocycles. The summed E-state index contributed by atoms with van der Waals surface area (Å²) in [6, 6.07) is 4.50. The van der Waals surface area contributed by atoms with Crippen molar-refractivity contribution in [1.29, 1.82) is 0 Å². The first kappa shape index (κ1) is 13.5. The second-order valence-corrected chi connectivity index (χ2v) is 5.50. The third-order valence-corrected chi connectivity index (χ3v) is 3.47. The van der Waals surface area contributed by atoms with E-state index in [0.717, 1.165) is 12.8 Å². The number of rotatable bonds is 4. The first-order valence-electron chi connectivity index (χ1n) is 5.65. The molecule has 2 amide bonds. The minimum absolute atomic E-state index is 0.107. The Labute approximate surface area is 115 Å². The summed E-state index contributed by atoms with van der Waals surface area (Å²) < 4.78 is 0. The second-order valence-electron chi connectivity index (χ2n) is 4.62. The van der Waals surface area contributed by atoms with Crippen molar-refractivity contribution in [2.24, 2.45) is 5.41 Å². The lowest BCUT2D eigenvalue weighted by Gasteiger charge is -2.13. The maximum absolute atomic E-state index is 11.6. The molecule has 0 bridgehead atoms. The van der Waals surface area contributed by atoms with Crippen LogP contribution in [0.3, 0.4) is 0 Å². The van der Waals surface area contributed by atoms with Crippen LogP contribution in [-0.2, 0) is 0 Å². The molecule has 4 nitrogen and oxygen atoms in total. The smallest absolute Gasteiger partial charge is 0.319 e. The van der Waals surface area contributed by atoms with Gasteiger partial charge in [-0.3, -0.25) is 0 Å². The summed E-state index contributed by atoms with van der Waals surface area (Å²) >= 11 is 11.7. The standard InChI is InChI=1S/C12H14Cl2N2O2/c13-8-3-9(14)5-10(4-8)16-11(18)15-6-12(7-17)1-2-12/h3-5,17H,1-2,6-7H2,(H2,15,16,18). The predicted octanol–water partition coefficient (Wildman–Crippen LogP) is 2.89. The Balaban J connectivity index is 1.87. The van der Waals surface area contributed by atoms with Gasteiger partial charge in [-0.2, -0.15) is 0 Å². The molecule has 1 aromatic carbocycles. The Hall–Kier alpha value is -0.970. The zero-order chi connectivity index (χ0) is 13.2. The Morgan fingerprint density at radius 1 is 1.28 bits per heavy atom. The summed E-state index contributed by atoms with van der Waals surface area (Å²) in [4.78, 5) is 11.6. The zero-order valence-corrected chi connectivity index (χ0v) is 11.2. The highest BCUT2D eigenvalue weighted by Crippen LogP contribution is 2.44. The summed E-state index contributed by atoms with van der Waals surface area (Å²) in [6.07, 6.45) is 1.90. The second kappa shape index (κ2) is 5.34. The molecule has 3 N–H and O–H groups in total. The van der Waals surface area contributed by atoms with Gasteiger partial charge in [0.05, 0.1) is 6.61 Å². The first-order chi connectivity index (χ1) is 8.53. The number of nitrogens with one attached hydrogen (secondary N) is 2. The van der Waals surface area contributed by atoms with E-state index in [9.17, 15) is 4.79 Å². The molecule has 1 aliphatic rings. The highest BCUT2D eigenvalue weighted by molar-refractivity contribution is 6.35. The third kappa shape index (κ3) is 3.51. The van der Waals surface area contributed by atoms with Gasteiger partial charge in [-0.25, -0.2) is 4.79 Å². The van der Waals surface area contributed by atoms with Crippen molar-refractivity contribution in [1.82, 2.24) is 5.32 Å². The number of halogens is 2. The zero-order valence-electron chi connectivity index (χ0n) is 9.67. The maximum Gasteiger partial charge on any atom is 0.319 e. The molecule has 1 aliphatic carbocycles. The van der Waals surface area contributed by atoms with Crippen LogP contribution in [0.25, 0.3) is 0 Å². The molecular weight excluding hydrogens is 275 g/mol. The molecule has 0 atom stereocenters. The SMILES string of the molecule is O=C(NCC1(CO)CC1)Nc1cc(Cl)cc(Cl)c1. The number of anilines is 1. The van der Waals surface area contributed by atoms with Gasteiger partial charge in [0.25, 0.3) is 0 Å².